The van der Waals surface area contributed by atoms with E-state index in [4.69, 9.17) is 4.74 Å². The van der Waals surface area contributed by atoms with Gasteiger partial charge in [0.05, 0.1) is 23.4 Å². The fourth-order valence-electron chi connectivity index (χ4n) is 2.28. The van der Waals surface area contributed by atoms with E-state index in [1.165, 1.54) is 10.9 Å². The number of cyclic esters (lactones) is 1. The van der Waals surface area contributed by atoms with Crippen LogP contribution in [0.3, 0.4) is 0 Å². The standard InChI is InChI=1S/C14H14N4O3/c1-3-9-14(20)21-11(17-9)6-18-7-16-10-5-15-4-8(2)12(10)13(18)19/h4-5,7,9H,3,6H2,1-2H3. The van der Waals surface area contributed by atoms with E-state index in [2.05, 4.69) is 15.0 Å². The molecule has 0 saturated heterocycles. The normalized spacial score (nSPS) is 17.9. The molecule has 0 aliphatic carbocycles. The lowest BCUT2D eigenvalue weighted by Crippen LogP contribution is -2.25. The van der Waals surface area contributed by atoms with Gasteiger partial charge in [0.2, 0.25) is 5.90 Å². The summed E-state index contributed by atoms with van der Waals surface area (Å²) >= 11 is 0. The highest BCUT2D eigenvalue weighted by Gasteiger charge is 2.27. The van der Waals surface area contributed by atoms with Crippen molar-refractivity contribution in [1.29, 1.82) is 0 Å². The zero-order valence-corrected chi connectivity index (χ0v) is 11.7. The van der Waals surface area contributed by atoms with E-state index < -0.39 is 6.04 Å². The number of aliphatic imine (C=N–C) groups is 1. The van der Waals surface area contributed by atoms with Crippen LogP contribution in [-0.4, -0.2) is 32.4 Å². The summed E-state index contributed by atoms with van der Waals surface area (Å²) in [5.41, 5.74) is 1.11. The van der Waals surface area contributed by atoms with Gasteiger partial charge in [-0.05, 0) is 18.9 Å². The second-order valence-electron chi connectivity index (χ2n) is 4.90. The van der Waals surface area contributed by atoms with E-state index in [1.54, 1.807) is 12.4 Å². The maximum Gasteiger partial charge on any atom is 0.337 e. The molecule has 0 amide bonds. The van der Waals surface area contributed by atoms with E-state index in [1.807, 2.05) is 13.8 Å². The Labute approximate surface area is 120 Å². The minimum Gasteiger partial charge on any atom is -0.408 e. The first-order valence-corrected chi connectivity index (χ1v) is 6.68. The third-order valence-electron chi connectivity index (χ3n) is 3.41. The number of fused-ring (bicyclic) bond motifs is 1. The number of esters is 1. The molecule has 3 heterocycles. The van der Waals surface area contributed by atoms with E-state index in [0.29, 0.717) is 17.3 Å². The summed E-state index contributed by atoms with van der Waals surface area (Å²) in [5, 5.41) is 0.518. The number of aryl methyl sites for hydroxylation is 1. The summed E-state index contributed by atoms with van der Waals surface area (Å²) in [6, 6.07) is -0.463. The third kappa shape index (κ3) is 2.31. The first kappa shape index (κ1) is 13.4. The quantitative estimate of drug-likeness (QED) is 0.780. The molecule has 0 bridgehead atoms. The molecular weight excluding hydrogens is 272 g/mol. The number of carbonyl (C=O) groups excluding carboxylic acids is 1. The van der Waals surface area contributed by atoms with E-state index in [0.717, 1.165) is 5.56 Å². The van der Waals surface area contributed by atoms with Crippen LogP contribution in [0.25, 0.3) is 10.9 Å². The van der Waals surface area contributed by atoms with Crippen molar-refractivity contribution in [2.75, 3.05) is 0 Å². The summed E-state index contributed by atoms with van der Waals surface area (Å²) in [5.74, 6) is -0.114. The average molecular weight is 286 g/mol. The Balaban J connectivity index is 1.99. The Kier molecular flexibility index (Phi) is 3.25. The highest BCUT2D eigenvalue weighted by Crippen LogP contribution is 2.12. The summed E-state index contributed by atoms with van der Waals surface area (Å²) in [6.45, 7) is 3.77. The molecule has 21 heavy (non-hydrogen) atoms. The van der Waals surface area contributed by atoms with Gasteiger partial charge in [-0.15, -0.1) is 0 Å². The monoisotopic (exact) mass is 286 g/mol. The predicted octanol–water partition coefficient (Wildman–Crippen LogP) is 0.834. The van der Waals surface area contributed by atoms with E-state index in [-0.39, 0.29) is 24.0 Å². The van der Waals surface area contributed by atoms with Crippen LogP contribution in [0.1, 0.15) is 18.9 Å². The molecule has 1 unspecified atom stereocenters. The lowest BCUT2D eigenvalue weighted by Gasteiger charge is -2.06. The number of ether oxygens (including phenoxy) is 1. The van der Waals surface area contributed by atoms with Crippen molar-refractivity contribution in [3.8, 4) is 0 Å². The van der Waals surface area contributed by atoms with Crippen LogP contribution in [0.5, 0.6) is 0 Å². The molecule has 0 N–H and O–H groups in total. The average Bonchev–Trinajstić information content (AvgIpc) is 2.82. The maximum absolute atomic E-state index is 12.5. The van der Waals surface area contributed by atoms with Crippen LogP contribution in [0.15, 0.2) is 28.5 Å². The van der Waals surface area contributed by atoms with Gasteiger partial charge in [0.25, 0.3) is 5.56 Å². The number of hydrogen-bond donors (Lipinski definition) is 0. The molecule has 1 aliphatic rings. The molecule has 0 radical (unpaired) electrons. The molecule has 7 heteroatoms. The van der Waals surface area contributed by atoms with Crippen molar-refractivity contribution in [1.82, 2.24) is 14.5 Å². The van der Waals surface area contributed by atoms with Gasteiger partial charge in [0.15, 0.2) is 6.04 Å². The molecule has 1 atom stereocenters. The topological polar surface area (TPSA) is 86.4 Å². The highest BCUT2D eigenvalue weighted by atomic mass is 16.6. The van der Waals surface area contributed by atoms with Crippen LogP contribution in [0.2, 0.25) is 0 Å². The van der Waals surface area contributed by atoms with E-state index >= 15 is 0 Å². The van der Waals surface area contributed by atoms with Crippen molar-refractivity contribution < 1.29 is 9.53 Å². The molecule has 0 saturated carbocycles. The third-order valence-corrected chi connectivity index (χ3v) is 3.41. The van der Waals surface area contributed by atoms with Crippen molar-refractivity contribution in [2.24, 2.45) is 4.99 Å². The zero-order valence-electron chi connectivity index (χ0n) is 11.7. The number of rotatable bonds is 3. The molecule has 2 aromatic rings. The Morgan fingerprint density at radius 2 is 2.14 bits per heavy atom. The van der Waals surface area contributed by atoms with Crippen molar-refractivity contribution in [2.45, 2.75) is 32.9 Å². The summed E-state index contributed by atoms with van der Waals surface area (Å²) in [6.07, 6.45) is 5.17. The van der Waals surface area contributed by atoms with Crippen LogP contribution in [-0.2, 0) is 16.1 Å². The Bertz CT molecular complexity index is 809. The number of pyridine rings is 1. The molecule has 1 aliphatic heterocycles. The number of aromatic nitrogens is 3. The Morgan fingerprint density at radius 1 is 1.33 bits per heavy atom. The Hall–Kier alpha value is -2.57. The second kappa shape index (κ2) is 5.08. The molecule has 2 aromatic heterocycles. The van der Waals surface area contributed by atoms with Gasteiger partial charge in [0.1, 0.15) is 6.54 Å². The second-order valence-corrected chi connectivity index (χ2v) is 4.90. The maximum atomic E-state index is 12.5. The zero-order chi connectivity index (χ0) is 15.0. The van der Waals surface area contributed by atoms with E-state index in [9.17, 15) is 9.59 Å². The van der Waals surface area contributed by atoms with Gasteiger partial charge in [-0.1, -0.05) is 6.92 Å². The van der Waals surface area contributed by atoms with Gasteiger partial charge in [-0.25, -0.2) is 14.8 Å². The summed E-state index contributed by atoms with van der Waals surface area (Å²) < 4.78 is 6.47. The Morgan fingerprint density at radius 3 is 2.86 bits per heavy atom. The molecular formula is C14H14N4O3. The molecule has 108 valence electrons. The smallest absolute Gasteiger partial charge is 0.337 e. The fourth-order valence-corrected chi connectivity index (χ4v) is 2.28. The number of hydrogen-bond acceptors (Lipinski definition) is 6. The lowest BCUT2D eigenvalue weighted by atomic mass is 10.2. The van der Waals surface area contributed by atoms with Gasteiger partial charge in [-0.3, -0.25) is 14.3 Å². The lowest BCUT2D eigenvalue weighted by molar-refractivity contribution is -0.135. The fraction of sp³-hybridized carbons (Fsp3) is 0.357. The van der Waals surface area contributed by atoms with Crippen molar-refractivity contribution in [3.05, 3.63) is 34.6 Å². The van der Waals surface area contributed by atoms with Crippen molar-refractivity contribution in [3.63, 3.8) is 0 Å². The summed E-state index contributed by atoms with van der Waals surface area (Å²) in [7, 11) is 0. The van der Waals surface area contributed by atoms with Crippen molar-refractivity contribution >= 4 is 22.8 Å². The summed E-state index contributed by atoms with van der Waals surface area (Å²) in [4.78, 5) is 36.4. The van der Waals surface area contributed by atoms with Crippen LogP contribution in [0, 0.1) is 6.92 Å². The molecule has 3 rings (SSSR count). The number of carbonyl (C=O) groups is 1. The molecule has 0 aromatic carbocycles. The first-order chi connectivity index (χ1) is 10.1. The highest BCUT2D eigenvalue weighted by molar-refractivity contribution is 5.97. The first-order valence-electron chi connectivity index (χ1n) is 6.68. The van der Waals surface area contributed by atoms with Crippen LogP contribution >= 0.6 is 0 Å². The molecule has 0 fully saturated rings. The number of nitrogens with zero attached hydrogens (tertiary/aromatic N) is 4. The SMILES string of the molecule is CCC1N=C(Cn2cnc3cncc(C)c3c2=O)OC1=O. The predicted molar refractivity (Wildman–Crippen MR) is 76.1 cm³/mol. The largest absolute Gasteiger partial charge is 0.408 e. The van der Waals surface area contributed by atoms with Crippen LogP contribution < -0.4 is 5.56 Å². The van der Waals surface area contributed by atoms with Crippen LogP contribution in [0.4, 0.5) is 0 Å². The molecule has 7 nitrogen and oxygen atoms in total. The van der Waals surface area contributed by atoms with Gasteiger partial charge >= 0.3 is 5.97 Å². The van der Waals surface area contributed by atoms with Gasteiger partial charge in [0, 0.05) is 6.20 Å². The van der Waals surface area contributed by atoms with Gasteiger partial charge < -0.3 is 4.74 Å². The molecule has 0 spiro atoms. The minimum atomic E-state index is -0.463. The minimum absolute atomic E-state index is 0.103. The van der Waals surface area contributed by atoms with Gasteiger partial charge in [-0.2, -0.15) is 0 Å².